The number of anilines is 1. The normalized spacial score (nSPS) is 10.9. The van der Waals surface area contributed by atoms with Gasteiger partial charge >= 0.3 is 0 Å². The van der Waals surface area contributed by atoms with Gasteiger partial charge in [-0.3, -0.25) is 9.48 Å². The summed E-state index contributed by atoms with van der Waals surface area (Å²) >= 11 is 5.86. The summed E-state index contributed by atoms with van der Waals surface area (Å²) in [5, 5.41) is 7.38. The topological polar surface area (TPSA) is 69.3 Å². The first-order valence-electron chi connectivity index (χ1n) is 9.43. The predicted octanol–water partition coefficient (Wildman–Crippen LogP) is 5.57. The summed E-state index contributed by atoms with van der Waals surface area (Å²) < 4.78 is 65.5. The van der Waals surface area contributed by atoms with Crippen molar-refractivity contribution in [3.8, 4) is 5.75 Å². The van der Waals surface area contributed by atoms with Gasteiger partial charge < -0.3 is 14.5 Å². The number of hydrogen-bond acceptors (Lipinski definition) is 4. The zero-order valence-electron chi connectivity index (χ0n) is 16.6. The highest BCUT2D eigenvalue weighted by Crippen LogP contribution is 2.27. The van der Waals surface area contributed by atoms with E-state index in [0.29, 0.717) is 17.3 Å². The molecule has 0 aliphatic heterocycles. The Morgan fingerprint density at radius 2 is 1.76 bits per heavy atom. The summed E-state index contributed by atoms with van der Waals surface area (Å²) in [5.74, 6) is -8.49. The number of aromatic nitrogens is 2. The number of nitrogens with one attached hydrogen (secondary N) is 1. The van der Waals surface area contributed by atoms with Gasteiger partial charge in [0.2, 0.25) is 11.6 Å². The summed E-state index contributed by atoms with van der Waals surface area (Å²) in [6, 6.07) is 9.93. The molecule has 4 aromatic rings. The van der Waals surface area contributed by atoms with E-state index in [1.807, 2.05) is 12.1 Å². The lowest BCUT2D eigenvalue weighted by molar-refractivity contribution is 0.0992. The lowest BCUT2D eigenvalue weighted by atomic mass is 10.2. The van der Waals surface area contributed by atoms with Crippen molar-refractivity contribution in [1.82, 2.24) is 9.78 Å². The molecule has 0 unspecified atom stereocenters. The van der Waals surface area contributed by atoms with Crippen LogP contribution < -0.4 is 10.1 Å². The molecule has 0 aliphatic rings. The third-order valence-corrected chi connectivity index (χ3v) is 4.72. The van der Waals surface area contributed by atoms with E-state index in [2.05, 4.69) is 10.4 Å². The van der Waals surface area contributed by atoms with Gasteiger partial charge in [-0.2, -0.15) is 13.9 Å². The van der Waals surface area contributed by atoms with Crippen LogP contribution in [0.5, 0.6) is 5.75 Å². The van der Waals surface area contributed by atoms with Crippen molar-refractivity contribution in [1.29, 1.82) is 0 Å². The number of furan rings is 1. The van der Waals surface area contributed by atoms with Crippen molar-refractivity contribution < 1.29 is 31.5 Å². The van der Waals surface area contributed by atoms with Gasteiger partial charge in [0.15, 0.2) is 23.1 Å². The third kappa shape index (κ3) is 5.17. The van der Waals surface area contributed by atoms with Gasteiger partial charge in [-0.1, -0.05) is 23.7 Å². The number of rotatable bonds is 7. The largest absolute Gasteiger partial charge is 0.479 e. The van der Waals surface area contributed by atoms with Crippen LogP contribution in [-0.2, 0) is 13.2 Å². The van der Waals surface area contributed by atoms with Crippen LogP contribution in [-0.4, -0.2) is 15.7 Å². The monoisotopic (exact) mass is 479 g/mol. The number of benzene rings is 2. The lowest BCUT2D eigenvalue weighted by Gasteiger charge is -2.08. The minimum absolute atomic E-state index is 0.00190. The molecule has 4 rings (SSSR count). The van der Waals surface area contributed by atoms with Crippen LogP contribution in [0.25, 0.3) is 0 Å². The maximum atomic E-state index is 13.7. The first-order chi connectivity index (χ1) is 15.8. The van der Waals surface area contributed by atoms with Crippen LogP contribution in [0.2, 0.25) is 5.02 Å². The summed E-state index contributed by atoms with van der Waals surface area (Å²) in [4.78, 5) is 12.4. The number of carbonyl (C=O) groups is 1. The molecule has 0 bridgehead atoms. The SMILES string of the molecule is O=C(Nc1cnn(Cc2ccc(Cl)cc2)c1)c1ccc(COc2c(F)c(F)cc(F)c2F)o1. The molecule has 1 N–H and O–H groups in total. The van der Waals surface area contributed by atoms with Crippen LogP contribution in [0.3, 0.4) is 0 Å². The number of halogens is 5. The number of amides is 1. The van der Waals surface area contributed by atoms with Crippen LogP contribution in [0, 0.1) is 23.3 Å². The van der Waals surface area contributed by atoms with E-state index in [4.69, 9.17) is 20.8 Å². The number of carbonyl (C=O) groups excluding carboxylic acids is 1. The molecule has 1 amide bonds. The first kappa shape index (κ1) is 22.4. The molecule has 0 aliphatic carbocycles. The predicted molar refractivity (Wildman–Crippen MR) is 110 cm³/mol. The number of nitrogens with zero attached hydrogens (tertiary/aromatic N) is 2. The zero-order valence-corrected chi connectivity index (χ0v) is 17.4. The molecule has 0 fully saturated rings. The molecule has 0 saturated heterocycles. The molecule has 0 saturated carbocycles. The Morgan fingerprint density at radius 1 is 1.06 bits per heavy atom. The fraction of sp³-hybridized carbons (Fsp3) is 0.0909. The maximum Gasteiger partial charge on any atom is 0.291 e. The van der Waals surface area contributed by atoms with Crippen molar-refractivity contribution in [3.63, 3.8) is 0 Å². The van der Waals surface area contributed by atoms with Crippen molar-refractivity contribution in [2.45, 2.75) is 13.2 Å². The summed E-state index contributed by atoms with van der Waals surface area (Å²) in [6.07, 6.45) is 3.06. The minimum atomic E-state index is -1.67. The smallest absolute Gasteiger partial charge is 0.291 e. The Hall–Kier alpha value is -3.79. The molecule has 0 spiro atoms. The standard InChI is InChI=1S/C22H14ClF4N3O3/c23-13-3-1-12(2-4-13)9-30-10-14(8-28-30)29-22(31)18-6-5-15(33-18)11-32-21-19(26)16(24)7-17(25)20(21)27/h1-8,10H,9,11H2,(H,29,31). The molecule has 2 heterocycles. The molecule has 2 aromatic carbocycles. The fourth-order valence-corrected chi connectivity index (χ4v) is 3.01. The second-order valence-electron chi connectivity index (χ2n) is 6.86. The lowest BCUT2D eigenvalue weighted by Crippen LogP contribution is -2.10. The van der Waals surface area contributed by atoms with Gasteiger partial charge in [0.25, 0.3) is 5.91 Å². The highest BCUT2D eigenvalue weighted by atomic mass is 35.5. The van der Waals surface area contributed by atoms with E-state index in [0.717, 1.165) is 5.56 Å². The quantitative estimate of drug-likeness (QED) is 0.278. The highest BCUT2D eigenvalue weighted by Gasteiger charge is 2.21. The third-order valence-electron chi connectivity index (χ3n) is 4.46. The number of ether oxygens (including phenoxy) is 1. The van der Waals surface area contributed by atoms with Crippen molar-refractivity contribution in [3.05, 3.63) is 100 Å². The molecule has 0 radical (unpaired) electrons. The van der Waals surface area contributed by atoms with E-state index in [9.17, 15) is 22.4 Å². The molecule has 0 atom stereocenters. The highest BCUT2D eigenvalue weighted by molar-refractivity contribution is 6.30. The van der Waals surface area contributed by atoms with Crippen molar-refractivity contribution in [2.24, 2.45) is 0 Å². The van der Waals surface area contributed by atoms with Crippen LogP contribution in [0.1, 0.15) is 21.9 Å². The second kappa shape index (κ2) is 9.37. The van der Waals surface area contributed by atoms with Crippen LogP contribution >= 0.6 is 11.6 Å². The molecule has 2 aromatic heterocycles. The van der Waals surface area contributed by atoms with E-state index in [1.54, 1.807) is 23.0 Å². The summed E-state index contributed by atoms with van der Waals surface area (Å²) in [5.41, 5.74) is 1.37. The molecule has 33 heavy (non-hydrogen) atoms. The van der Waals surface area contributed by atoms with Gasteiger partial charge in [0.1, 0.15) is 12.4 Å². The fourth-order valence-electron chi connectivity index (χ4n) is 2.88. The molecular weight excluding hydrogens is 466 g/mol. The first-order valence-corrected chi connectivity index (χ1v) is 9.80. The van der Waals surface area contributed by atoms with Gasteiger partial charge in [-0.15, -0.1) is 0 Å². The average Bonchev–Trinajstić information content (AvgIpc) is 3.44. The molecular formula is C22H14ClF4N3O3. The Morgan fingerprint density at radius 3 is 2.45 bits per heavy atom. The van der Waals surface area contributed by atoms with Gasteiger partial charge in [-0.05, 0) is 29.8 Å². The Bertz CT molecular complexity index is 1280. The Kier molecular flexibility index (Phi) is 6.36. The van der Waals surface area contributed by atoms with Crippen molar-refractivity contribution >= 4 is 23.2 Å². The average molecular weight is 480 g/mol. The maximum absolute atomic E-state index is 13.7. The molecule has 11 heteroatoms. The van der Waals surface area contributed by atoms with Gasteiger partial charge in [-0.25, -0.2) is 8.78 Å². The number of hydrogen-bond donors (Lipinski definition) is 1. The van der Waals surface area contributed by atoms with Gasteiger partial charge in [0.05, 0.1) is 18.4 Å². The Balaban J connectivity index is 1.37. The van der Waals surface area contributed by atoms with E-state index in [1.165, 1.54) is 18.3 Å². The molecule has 6 nitrogen and oxygen atoms in total. The van der Waals surface area contributed by atoms with Crippen molar-refractivity contribution in [2.75, 3.05) is 5.32 Å². The second-order valence-corrected chi connectivity index (χ2v) is 7.30. The zero-order chi connectivity index (χ0) is 23.5. The Labute approximate surface area is 189 Å². The van der Waals surface area contributed by atoms with E-state index < -0.39 is 41.5 Å². The van der Waals surface area contributed by atoms with E-state index >= 15 is 0 Å². The van der Waals surface area contributed by atoms with Crippen LogP contribution in [0.4, 0.5) is 23.2 Å². The van der Waals surface area contributed by atoms with Crippen LogP contribution in [0.15, 0.2) is 59.3 Å². The summed E-state index contributed by atoms with van der Waals surface area (Å²) in [6.45, 7) is -0.105. The van der Waals surface area contributed by atoms with Gasteiger partial charge in [0, 0.05) is 17.3 Å². The summed E-state index contributed by atoms with van der Waals surface area (Å²) in [7, 11) is 0. The van der Waals surface area contributed by atoms with E-state index in [-0.39, 0.29) is 17.6 Å². The minimum Gasteiger partial charge on any atom is -0.479 e. The molecule has 170 valence electrons.